The second-order valence-electron chi connectivity index (χ2n) is 6.45. The van der Waals surface area contributed by atoms with Crippen LogP contribution in [0.4, 0.5) is 5.69 Å². The lowest BCUT2D eigenvalue weighted by molar-refractivity contribution is -0.117. The zero-order valence-corrected chi connectivity index (χ0v) is 15.9. The van der Waals surface area contributed by atoms with E-state index in [0.717, 1.165) is 17.7 Å². The van der Waals surface area contributed by atoms with Crippen LogP contribution in [0.3, 0.4) is 0 Å². The molecule has 0 unspecified atom stereocenters. The van der Waals surface area contributed by atoms with Crippen LogP contribution in [0.2, 0.25) is 0 Å². The van der Waals surface area contributed by atoms with Gasteiger partial charge in [0.05, 0.1) is 5.75 Å². The zero-order valence-electron chi connectivity index (χ0n) is 15.1. The molecule has 1 aromatic heterocycles. The molecule has 3 aromatic rings. The minimum Gasteiger partial charge on any atom is -0.335 e. The molecule has 0 aliphatic carbocycles. The van der Waals surface area contributed by atoms with Gasteiger partial charge in [-0.1, -0.05) is 54.2 Å². The highest BCUT2D eigenvalue weighted by Crippen LogP contribution is 2.25. The lowest BCUT2D eigenvalue weighted by atomic mass is 10.1. The van der Waals surface area contributed by atoms with Crippen molar-refractivity contribution in [3.05, 3.63) is 60.2 Å². The molecule has 1 aliphatic heterocycles. The number of amides is 1. The second-order valence-corrected chi connectivity index (χ2v) is 7.40. The van der Waals surface area contributed by atoms with Gasteiger partial charge in [-0.3, -0.25) is 9.59 Å². The number of carbonyl (C=O) groups is 2. The average molecular weight is 393 g/mol. The fourth-order valence-electron chi connectivity index (χ4n) is 3.14. The fourth-order valence-corrected chi connectivity index (χ4v) is 3.89. The lowest BCUT2D eigenvalue weighted by Crippen LogP contribution is -2.23. The van der Waals surface area contributed by atoms with Crippen LogP contribution < -0.4 is 10.7 Å². The number of nitrogens with two attached hydrogens (primary N) is 1. The summed E-state index contributed by atoms with van der Waals surface area (Å²) in [5.74, 6) is 6.87. The first-order valence-electron chi connectivity index (χ1n) is 8.96. The van der Waals surface area contributed by atoms with Crippen LogP contribution in [-0.4, -0.2) is 38.9 Å². The Hall–Kier alpha value is -3.13. The number of rotatable bonds is 6. The number of ketones is 1. The summed E-state index contributed by atoms with van der Waals surface area (Å²) in [6, 6.07) is 16.7. The molecule has 4 rings (SSSR count). The predicted molar refractivity (Wildman–Crippen MR) is 109 cm³/mol. The van der Waals surface area contributed by atoms with E-state index in [1.807, 2.05) is 36.4 Å². The Labute approximate surface area is 166 Å². The Morgan fingerprint density at radius 2 is 1.93 bits per heavy atom. The van der Waals surface area contributed by atoms with E-state index in [1.54, 1.807) is 23.1 Å². The van der Waals surface area contributed by atoms with Crippen molar-refractivity contribution in [2.24, 2.45) is 0 Å². The number of anilines is 1. The van der Waals surface area contributed by atoms with Crippen LogP contribution in [0.1, 0.15) is 23.2 Å². The van der Waals surface area contributed by atoms with Crippen molar-refractivity contribution in [3.63, 3.8) is 0 Å². The van der Waals surface area contributed by atoms with Crippen molar-refractivity contribution >= 4 is 29.1 Å². The maximum Gasteiger partial charge on any atom is 0.227 e. The Balaban J connectivity index is 1.45. The van der Waals surface area contributed by atoms with E-state index in [1.165, 1.54) is 16.4 Å². The van der Waals surface area contributed by atoms with Crippen LogP contribution in [0.5, 0.6) is 0 Å². The molecule has 2 heterocycles. The molecule has 0 bridgehead atoms. The van der Waals surface area contributed by atoms with Crippen molar-refractivity contribution in [1.82, 2.24) is 14.9 Å². The van der Waals surface area contributed by atoms with E-state index in [4.69, 9.17) is 5.84 Å². The third-order valence-electron chi connectivity index (χ3n) is 4.58. The van der Waals surface area contributed by atoms with E-state index in [-0.39, 0.29) is 17.4 Å². The zero-order chi connectivity index (χ0) is 19.5. The maximum atomic E-state index is 12.6. The fraction of sp³-hybridized carbons (Fsp3) is 0.200. The second kappa shape index (κ2) is 7.85. The number of nitrogens with zero attached hydrogens (tertiary/aromatic N) is 4. The quantitative estimate of drug-likeness (QED) is 0.393. The highest BCUT2D eigenvalue weighted by Gasteiger charge is 2.22. The molecular formula is C20H19N5O2S. The molecule has 1 amide bonds. The Morgan fingerprint density at radius 3 is 2.68 bits per heavy atom. The summed E-state index contributed by atoms with van der Waals surface area (Å²) in [4.78, 5) is 26.3. The number of thioether (sulfide) groups is 1. The van der Waals surface area contributed by atoms with Gasteiger partial charge < -0.3 is 10.7 Å². The van der Waals surface area contributed by atoms with Gasteiger partial charge in [0.15, 0.2) is 11.6 Å². The summed E-state index contributed by atoms with van der Waals surface area (Å²) in [5.41, 5.74) is 2.20. The Bertz CT molecular complexity index is 1020. The number of hydrogen-bond donors (Lipinski definition) is 1. The molecule has 2 aromatic carbocycles. The average Bonchev–Trinajstić information content (AvgIpc) is 3.32. The van der Waals surface area contributed by atoms with Crippen LogP contribution in [0.25, 0.3) is 11.4 Å². The Kier molecular flexibility index (Phi) is 5.12. The SMILES string of the molecule is Nn1c(SCC(=O)c2cccc(N3CCCC3=O)c2)nnc1-c1ccccc1. The Morgan fingerprint density at radius 1 is 1.11 bits per heavy atom. The largest absolute Gasteiger partial charge is 0.335 e. The number of benzene rings is 2. The number of aromatic nitrogens is 3. The lowest BCUT2D eigenvalue weighted by Gasteiger charge is -2.16. The predicted octanol–water partition coefficient (Wildman–Crippen LogP) is 2.76. The van der Waals surface area contributed by atoms with Crippen LogP contribution in [0, 0.1) is 0 Å². The van der Waals surface area contributed by atoms with Gasteiger partial charge in [-0.2, -0.15) is 0 Å². The van der Waals surface area contributed by atoms with Gasteiger partial charge in [-0.05, 0) is 18.6 Å². The van der Waals surface area contributed by atoms with Gasteiger partial charge >= 0.3 is 0 Å². The molecule has 1 saturated heterocycles. The van der Waals surface area contributed by atoms with Crippen molar-refractivity contribution in [1.29, 1.82) is 0 Å². The molecule has 0 atom stereocenters. The number of hydrogen-bond acceptors (Lipinski definition) is 6. The van der Waals surface area contributed by atoms with Gasteiger partial charge in [-0.15, -0.1) is 10.2 Å². The normalized spacial score (nSPS) is 13.9. The molecule has 0 radical (unpaired) electrons. The van der Waals surface area contributed by atoms with Gasteiger partial charge in [0, 0.05) is 29.8 Å². The molecule has 28 heavy (non-hydrogen) atoms. The molecule has 7 nitrogen and oxygen atoms in total. The molecule has 2 N–H and O–H groups in total. The van der Waals surface area contributed by atoms with E-state index in [2.05, 4.69) is 10.2 Å². The standard InChI is InChI=1S/C20H19N5O2S/c21-25-19(14-6-2-1-3-7-14)22-23-20(25)28-13-17(26)15-8-4-9-16(12-15)24-11-5-10-18(24)27/h1-4,6-9,12H,5,10-11,13,21H2. The first kappa shape index (κ1) is 18.2. The van der Waals surface area contributed by atoms with Crippen molar-refractivity contribution in [3.8, 4) is 11.4 Å². The van der Waals surface area contributed by atoms with Gasteiger partial charge in [-0.25, -0.2) is 4.68 Å². The summed E-state index contributed by atoms with van der Waals surface area (Å²) in [6.07, 6.45) is 1.41. The van der Waals surface area contributed by atoms with Crippen LogP contribution >= 0.6 is 11.8 Å². The molecule has 1 aliphatic rings. The van der Waals surface area contributed by atoms with Crippen LogP contribution in [0.15, 0.2) is 59.8 Å². The summed E-state index contributed by atoms with van der Waals surface area (Å²) < 4.78 is 1.40. The third-order valence-corrected chi connectivity index (χ3v) is 5.53. The number of Topliss-reactive ketones (excluding diaryl/α,β-unsaturated/α-hetero) is 1. The minimum atomic E-state index is -0.0530. The first-order chi connectivity index (χ1) is 13.6. The van der Waals surface area contributed by atoms with Crippen molar-refractivity contribution in [2.45, 2.75) is 18.0 Å². The van der Waals surface area contributed by atoms with E-state index >= 15 is 0 Å². The molecule has 8 heteroatoms. The van der Waals surface area contributed by atoms with E-state index in [0.29, 0.717) is 29.5 Å². The van der Waals surface area contributed by atoms with Crippen molar-refractivity contribution < 1.29 is 9.59 Å². The summed E-state index contributed by atoms with van der Waals surface area (Å²) >= 11 is 1.24. The minimum absolute atomic E-state index is 0.0530. The monoisotopic (exact) mass is 393 g/mol. The first-order valence-corrected chi connectivity index (χ1v) is 9.94. The van der Waals surface area contributed by atoms with Gasteiger partial charge in [0.25, 0.3) is 0 Å². The molecular weight excluding hydrogens is 374 g/mol. The van der Waals surface area contributed by atoms with E-state index in [9.17, 15) is 9.59 Å². The van der Waals surface area contributed by atoms with Gasteiger partial charge in [0.2, 0.25) is 11.1 Å². The smallest absolute Gasteiger partial charge is 0.227 e. The molecule has 0 saturated carbocycles. The van der Waals surface area contributed by atoms with Crippen LogP contribution in [-0.2, 0) is 4.79 Å². The maximum absolute atomic E-state index is 12.6. The van der Waals surface area contributed by atoms with Gasteiger partial charge in [0.1, 0.15) is 0 Å². The third kappa shape index (κ3) is 3.63. The summed E-state index contributed by atoms with van der Waals surface area (Å²) in [7, 11) is 0. The summed E-state index contributed by atoms with van der Waals surface area (Å²) in [6.45, 7) is 0.698. The van der Waals surface area contributed by atoms with E-state index < -0.39 is 0 Å². The van der Waals surface area contributed by atoms with Crippen molar-refractivity contribution in [2.75, 3.05) is 23.0 Å². The molecule has 142 valence electrons. The topological polar surface area (TPSA) is 94.1 Å². The highest BCUT2D eigenvalue weighted by molar-refractivity contribution is 7.99. The highest BCUT2D eigenvalue weighted by atomic mass is 32.2. The molecule has 0 spiro atoms. The number of carbonyl (C=O) groups excluding carboxylic acids is 2. The summed E-state index contributed by atoms with van der Waals surface area (Å²) in [5, 5.41) is 8.69. The molecule has 1 fully saturated rings. The number of nitrogen functional groups attached to an aromatic ring is 1.